The van der Waals surface area contributed by atoms with Gasteiger partial charge >= 0.3 is 0 Å². The molecule has 16 heavy (non-hydrogen) atoms. The highest BCUT2D eigenvalue weighted by Crippen LogP contribution is 2.14. The SMILES string of the molecule is CC(C)NC(C)(CO)CCN1CCCCC1. The van der Waals surface area contributed by atoms with Crippen molar-refractivity contribution in [3.8, 4) is 0 Å². The van der Waals surface area contributed by atoms with E-state index in [9.17, 15) is 5.11 Å². The first-order chi connectivity index (χ1) is 7.56. The topological polar surface area (TPSA) is 35.5 Å². The lowest BCUT2D eigenvalue weighted by Gasteiger charge is -2.34. The van der Waals surface area contributed by atoms with E-state index in [2.05, 4.69) is 31.0 Å². The highest BCUT2D eigenvalue weighted by molar-refractivity contribution is 4.85. The van der Waals surface area contributed by atoms with Crippen LogP contribution < -0.4 is 5.32 Å². The van der Waals surface area contributed by atoms with Crippen molar-refractivity contribution in [2.45, 2.75) is 58.0 Å². The van der Waals surface area contributed by atoms with Gasteiger partial charge in [0.1, 0.15) is 0 Å². The number of likely N-dealkylation sites (tertiary alicyclic amines) is 1. The summed E-state index contributed by atoms with van der Waals surface area (Å²) in [6.45, 7) is 10.2. The molecular weight excluding hydrogens is 200 g/mol. The van der Waals surface area contributed by atoms with Gasteiger partial charge in [-0.2, -0.15) is 0 Å². The maximum absolute atomic E-state index is 9.48. The van der Waals surface area contributed by atoms with Gasteiger partial charge in [-0.15, -0.1) is 0 Å². The van der Waals surface area contributed by atoms with Crippen LogP contribution in [0.4, 0.5) is 0 Å². The smallest absolute Gasteiger partial charge is 0.0611 e. The van der Waals surface area contributed by atoms with Crippen LogP contribution in [-0.2, 0) is 0 Å². The van der Waals surface area contributed by atoms with E-state index in [0.29, 0.717) is 6.04 Å². The second-order valence-corrected chi connectivity index (χ2v) is 5.67. The van der Waals surface area contributed by atoms with E-state index in [1.807, 2.05) is 0 Å². The van der Waals surface area contributed by atoms with Crippen LogP contribution in [0.25, 0.3) is 0 Å². The largest absolute Gasteiger partial charge is 0.394 e. The first kappa shape index (κ1) is 13.9. The zero-order valence-electron chi connectivity index (χ0n) is 11.1. The number of rotatable bonds is 6. The average Bonchev–Trinajstić information content (AvgIpc) is 2.27. The molecule has 0 aromatic carbocycles. The van der Waals surface area contributed by atoms with Gasteiger partial charge in [-0.3, -0.25) is 0 Å². The number of aliphatic hydroxyl groups is 1. The number of piperidine rings is 1. The minimum Gasteiger partial charge on any atom is -0.394 e. The molecule has 1 atom stereocenters. The van der Waals surface area contributed by atoms with Crippen LogP contribution in [-0.4, -0.2) is 47.8 Å². The summed E-state index contributed by atoms with van der Waals surface area (Å²) in [5, 5.41) is 13.0. The molecule has 1 aliphatic rings. The van der Waals surface area contributed by atoms with E-state index >= 15 is 0 Å². The third kappa shape index (κ3) is 4.81. The quantitative estimate of drug-likeness (QED) is 0.725. The van der Waals surface area contributed by atoms with Crippen LogP contribution in [0, 0.1) is 0 Å². The van der Waals surface area contributed by atoms with E-state index in [4.69, 9.17) is 0 Å². The van der Waals surface area contributed by atoms with Gasteiger partial charge in [-0.25, -0.2) is 0 Å². The van der Waals surface area contributed by atoms with Crippen molar-refractivity contribution in [1.82, 2.24) is 10.2 Å². The summed E-state index contributed by atoms with van der Waals surface area (Å²) in [6, 6.07) is 0.429. The standard InChI is InChI=1S/C13H28N2O/c1-12(2)14-13(3,11-16)7-10-15-8-5-4-6-9-15/h12,14,16H,4-11H2,1-3H3. The molecule has 3 heteroatoms. The molecule has 0 amide bonds. The van der Waals surface area contributed by atoms with Gasteiger partial charge < -0.3 is 15.3 Å². The van der Waals surface area contributed by atoms with Gasteiger partial charge in [-0.1, -0.05) is 20.3 Å². The Bertz CT molecular complexity index is 190. The Morgan fingerprint density at radius 3 is 2.38 bits per heavy atom. The van der Waals surface area contributed by atoms with Crippen molar-refractivity contribution in [3.05, 3.63) is 0 Å². The van der Waals surface area contributed by atoms with Crippen LogP contribution in [0.5, 0.6) is 0 Å². The molecule has 0 bridgehead atoms. The van der Waals surface area contributed by atoms with Crippen LogP contribution in [0.1, 0.15) is 46.5 Å². The van der Waals surface area contributed by atoms with E-state index in [1.165, 1.54) is 32.4 Å². The Labute approximate surface area is 100 Å². The monoisotopic (exact) mass is 228 g/mol. The fourth-order valence-corrected chi connectivity index (χ4v) is 2.48. The summed E-state index contributed by atoms with van der Waals surface area (Å²) >= 11 is 0. The first-order valence-corrected chi connectivity index (χ1v) is 6.67. The zero-order chi connectivity index (χ0) is 12.0. The van der Waals surface area contributed by atoms with Gasteiger partial charge in [0.15, 0.2) is 0 Å². The number of nitrogens with one attached hydrogen (secondary N) is 1. The highest BCUT2D eigenvalue weighted by Gasteiger charge is 2.24. The molecule has 96 valence electrons. The lowest BCUT2D eigenvalue weighted by Crippen LogP contribution is -2.51. The minimum absolute atomic E-state index is 0.119. The molecule has 1 saturated heterocycles. The summed E-state index contributed by atoms with van der Waals surface area (Å²) < 4.78 is 0. The van der Waals surface area contributed by atoms with Crippen LogP contribution >= 0.6 is 0 Å². The van der Waals surface area contributed by atoms with Crippen molar-refractivity contribution in [2.75, 3.05) is 26.2 Å². The fourth-order valence-electron chi connectivity index (χ4n) is 2.48. The second-order valence-electron chi connectivity index (χ2n) is 5.67. The van der Waals surface area contributed by atoms with Crippen molar-refractivity contribution in [1.29, 1.82) is 0 Å². The van der Waals surface area contributed by atoms with E-state index < -0.39 is 0 Å². The molecule has 0 radical (unpaired) electrons. The predicted molar refractivity (Wildman–Crippen MR) is 68.7 cm³/mol. The summed E-state index contributed by atoms with van der Waals surface area (Å²) in [5.74, 6) is 0. The number of aliphatic hydroxyl groups excluding tert-OH is 1. The molecule has 1 heterocycles. The molecule has 3 nitrogen and oxygen atoms in total. The van der Waals surface area contributed by atoms with E-state index in [-0.39, 0.29) is 12.1 Å². The molecular formula is C13H28N2O. The second kappa shape index (κ2) is 6.58. The minimum atomic E-state index is -0.119. The Hall–Kier alpha value is -0.120. The first-order valence-electron chi connectivity index (χ1n) is 6.67. The molecule has 0 aromatic heterocycles. The summed E-state index contributed by atoms with van der Waals surface area (Å²) in [7, 11) is 0. The van der Waals surface area contributed by atoms with Gasteiger partial charge in [0.25, 0.3) is 0 Å². The molecule has 0 spiro atoms. The Balaban J connectivity index is 2.31. The highest BCUT2D eigenvalue weighted by atomic mass is 16.3. The van der Waals surface area contributed by atoms with Crippen molar-refractivity contribution in [2.24, 2.45) is 0 Å². The molecule has 2 N–H and O–H groups in total. The molecule has 1 unspecified atom stereocenters. The Morgan fingerprint density at radius 1 is 1.25 bits per heavy atom. The molecule has 1 fully saturated rings. The van der Waals surface area contributed by atoms with Gasteiger partial charge in [0, 0.05) is 11.6 Å². The maximum atomic E-state index is 9.48. The fraction of sp³-hybridized carbons (Fsp3) is 1.00. The third-order valence-electron chi connectivity index (χ3n) is 3.41. The normalized spacial score (nSPS) is 22.3. The Morgan fingerprint density at radius 2 is 1.88 bits per heavy atom. The summed E-state index contributed by atoms with van der Waals surface area (Å²) in [6.07, 6.45) is 5.10. The van der Waals surface area contributed by atoms with E-state index in [0.717, 1.165) is 13.0 Å². The molecule has 0 aromatic rings. The molecule has 1 aliphatic heterocycles. The zero-order valence-corrected chi connectivity index (χ0v) is 11.1. The van der Waals surface area contributed by atoms with Crippen molar-refractivity contribution < 1.29 is 5.11 Å². The number of hydrogen-bond acceptors (Lipinski definition) is 3. The van der Waals surface area contributed by atoms with Gasteiger partial charge in [-0.05, 0) is 45.8 Å². The summed E-state index contributed by atoms with van der Waals surface area (Å²) in [5.41, 5.74) is -0.119. The predicted octanol–water partition coefficient (Wildman–Crippen LogP) is 1.61. The van der Waals surface area contributed by atoms with Crippen molar-refractivity contribution in [3.63, 3.8) is 0 Å². The summed E-state index contributed by atoms with van der Waals surface area (Å²) in [4.78, 5) is 2.53. The Kier molecular flexibility index (Phi) is 5.73. The number of hydrogen-bond donors (Lipinski definition) is 2. The third-order valence-corrected chi connectivity index (χ3v) is 3.41. The lowest BCUT2D eigenvalue weighted by atomic mass is 9.97. The lowest BCUT2D eigenvalue weighted by molar-refractivity contribution is 0.131. The van der Waals surface area contributed by atoms with E-state index in [1.54, 1.807) is 0 Å². The molecule has 0 aliphatic carbocycles. The maximum Gasteiger partial charge on any atom is 0.0611 e. The molecule has 0 saturated carbocycles. The number of nitrogens with zero attached hydrogens (tertiary/aromatic N) is 1. The van der Waals surface area contributed by atoms with Crippen LogP contribution in [0.2, 0.25) is 0 Å². The van der Waals surface area contributed by atoms with Crippen LogP contribution in [0.3, 0.4) is 0 Å². The van der Waals surface area contributed by atoms with Gasteiger partial charge in [0.2, 0.25) is 0 Å². The molecule has 1 rings (SSSR count). The van der Waals surface area contributed by atoms with Crippen molar-refractivity contribution >= 4 is 0 Å². The van der Waals surface area contributed by atoms with Gasteiger partial charge in [0.05, 0.1) is 6.61 Å². The average molecular weight is 228 g/mol. The van der Waals surface area contributed by atoms with Crippen LogP contribution in [0.15, 0.2) is 0 Å².